The molecule has 3 aromatic rings. The summed E-state index contributed by atoms with van der Waals surface area (Å²) < 4.78 is 15.4. The van der Waals surface area contributed by atoms with Gasteiger partial charge in [-0.3, -0.25) is 4.79 Å². The molecule has 1 aromatic heterocycles. The van der Waals surface area contributed by atoms with Crippen LogP contribution in [0.2, 0.25) is 5.02 Å². The van der Waals surface area contributed by atoms with E-state index in [0.717, 1.165) is 5.56 Å². The highest BCUT2D eigenvalue weighted by Gasteiger charge is 2.33. The molecule has 2 N–H and O–H groups in total. The van der Waals surface area contributed by atoms with Crippen LogP contribution >= 0.6 is 11.6 Å². The van der Waals surface area contributed by atoms with Crippen molar-refractivity contribution < 1.29 is 9.18 Å². The van der Waals surface area contributed by atoms with Crippen LogP contribution in [0.5, 0.6) is 0 Å². The highest BCUT2D eigenvalue weighted by Crippen LogP contribution is 2.34. The van der Waals surface area contributed by atoms with E-state index in [2.05, 4.69) is 26.2 Å². The second-order valence-electron chi connectivity index (χ2n) is 6.34. The summed E-state index contributed by atoms with van der Waals surface area (Å²) in [5, 5.41) is 18.1. The maximum absolute atomic E-state index is 13.9. The van der Waals surface area contributed by atoms with Crippen molar-refractivity contribution in [2.24, 2.45) is 0 Å². The zero-order valence-corrected chi connectivity index (χ0v) is 15.6. The number of fused-ring (bicyclic) bond motifs is 1. The molecule has 2 heterocycles. The molecule has 0 radical (unpaired) electrons. The first-order valence-electron chi connectivity index (χ1n) is 8.57. The minimum Gasteiger partial charge on any atom is -0.348 e. The van der Waals surface area contributed by atoms with Crippen LogP contribution in [0, 0.1) is 5.82 Å². The summed E-state index contributed by atoms with van der Waals surface area (Å²) in [4.78, 5) is 13.0. The third-order valence-electron chi connectivity index (χ3n) is 4.54. The van der Waals surface area contributed by atoms with E-state index in [1.54, 1.807) is 37.3 Å². The van der Waals surface area contributed by atoms with Gasteiger partial charge in [0.2, 0.25) is 5.95 Å². The fourth-order valence-corrected chi connectivity index (χ4v) is 3.30. The summed E-state index contributed by atoms with van der Waals surface area (Å²) >= 11 is 6.00. The molecule has 0 fully saturated rings. The van der Waals surface area contributed by atoms with Crippen LogP contribution in [0.3, 0.4) is 0 Å². The quantitative estimate of drug-likeness (QED) is 0.705. The van der Waals surface area contributed by atoms with E-state index in [-0.39, 0.29) is 18.3 Å². The molecule has 0 bridgehead atoms. The first kappa shape index (κ1) is 18.1. The smallest absolute Gasteiger partial charge is 0.251 e. The number of nitrogens with zero attached hydrogens (tertiary/aromatic N) is 4. The van der Waals surface area contributed by atoms with E-state index < -0.39 is 6.04 Å². The minimum atomic E-state index is -0.538. The maximum Gasteiger partial charge on any atom is 0.251 e. The van der Waals surface area contributed by atoms with Crippen molar-refractivity contribution in [2.75, 3.05) is 5.32 Å². The Morgan fingerprint density at radius 1 is 1.25 bits per heavy atom. The summed E-state index contributed by atoms with van der Waals surface area (Å²) in [5.74, 6) is -0.273. The van der Waals surface area contributed by atoms with Crippen LogP contribution in [0.1, 0.15) is 24.1 Å². The molecule has 0 saturated carbocycles. The topological polar surface area (TPSA) is 84.7 Å². The van der Waals surface area contributed by atoms with Crippen LogP contribution < -0.4 is 10.6 Å². The van der Waals surface area contributed by atoms with Gasteiger partial charge in [0.05, 0.1) is 5.57 Å². The number of hydrogen-bond donors (Lipinski definition) is 2. The molecule has 28 heavy (non-hydrogen) atoms. The monoisotopic (exact) mass is 398 g/mol. The van der Waals surface area contributed by atoms with Gasteiger partial charge in [0, 0.05) is 22.8 Å². The normalized spacial score (nSPS) is 15.8. The fourth-order valence-electron chi connectivity index (χ4n) is 3.17. The number of benzene rings is 2. The largest absolute Gasteiger partial charge is 0.348 e. The molecular formula is C19H16ClFN6O. The summed E-state index contributed by atoms with van der Waals surface area (Å²) in [7, 11) is 0. The molecule has 1 unspecified atom stereocenters. The summed E-state index contributed by atoms with van der Waals surface area (Å²) in [6, 6.07) is 12.9. The van der Waals surface area contributed by atoms with Crippen molar-refractivity contribution in [1.82, 2.24) is 25.5 Å². The molecule has 9 heteroatoms. The van der Waals surface area contributed by atoms with Crippen molar-refractivity contribution in [3.63, 3.8) is 0 Å². The average Bonchev–Trinajstić information content (AvgIpc) is 3.15. The van der Waals surface area contributed by atoms with E-state index in [4.69, 9.17) is 11.6 Å². The highest BCUT2D eigenvalue weighted by atomic mass is 35.5. The van der Waals surface area contributed by atoms with Gasteiger partial charge in [0.15, 0.2) is 0 Å². The highest BCUT2D eigenvalue weighted by molar-refractivity contribution is 6.30. The molecule has 1 aliphatic rings. The predicted molar refractivity (Wildman–Crippen MR) is 102 cm³/mol. The summed E-state index contributed by atoms with van der Waals surface area (Å²) in [5.41, 5.74) is 2.27. The number of hydrogen-bond acceptors (Lipinski definition) is 5. The Labute approximate surface area is 165 Å². The first-order valence-corrected chi connectivity index (χ1v) is 8.95. The molecule has 0 saturated heterocycles. The Kier molecular flexibility index (Phi) is 4.79. The van der Waals surface area contributed by atoms with Crippen LogP contribution in [0.15, 0.2) is 59.8 Å². The Bertz CT molecular complexity index is 1060. The fraction of sp³-hybridized carbons (Fsp3) is 0.158. The van der Waals surface area contributed by atoms with Crippen LogP contribution in [-0.4, -0.2) is 26.1 Å². The van der Waals surface area contributed by atoms with Gasteiger partial charge in [0.25, 0.3) is 5.91 Å². The lowest BCUT2D eigenvalue weighted by atomic mass is 9.95. The lowest BCUT2D eigenvalue weighted by molar-refractivity contribution is -0.118. The number of nitrogens with one attached hydrogen (secondary N) is 2. The number of carbonyl (C=O) groups is 1. The van der Waals surface area contributed by atoms with Gasteiger partial charge in [0.1, 0.15) is 11.9 Å². The van der Waals surface area contributed by atoms with Gasteiger partial charge >= 0.3 is 0 Å². The number of allylic oxidation sites excluding steroid dienone is 1. The van der Waals surface area contributed by atoms with Gasteiger partial charge in [-0.05, 0) is 41.1 Å². The molecule has 0 spiro atoms. The van der Waals surface area contributed by atoms with Gasteiger partial charge in [-0.15, -0.1) is 0 Å². The molecule has 2 aromatic carbocycles. The van der Waals surface area contributed by atoms with E-state index in [1.165, 1.54) is 10.7 Å². The third-order valence-corrected chi connectivity index (χ3v) is 4.79. The van der Waals surface area contributed by atoms with Crippen LogP contribution in [0.25, 0.3) is 0 Å². The number of amides is 1. The summed E-state index contributed by atoms with van der Waals surface area (Å²) in [6.07, 6.45) is 0. The van der Waals surface area contributed by atoms with E-state index >= 15 is 0 Å². The third kappa shape index (κ3) is 3.34. The number of aromatic nitrogens is 4. The lowest BCUT2D eigenvalue weighted by Gasteiger charge is -2.28. The van der Waals surface area contributed by atoms with Crippen molar-refractivity contribution in [1.29, 1.82) is 0 Å². The van der Waals surface area contributed by atoms with Crippen molar-refractivity contribution in [3.8, 4) is 0 Å². The SMILES string of the molecule is CC1=C(C(=O)NCc2ccccc2F)C(c2ccc(Cl)cc2)n2nnnc2N1. The van der Waals surface area contributed by atoms with Gasteiger partial charge in [-0.2, -0.15) is 4.68 Å². The standard InChI is InChI=1S/C19H16ClFN6O/c1-11-16(18(28)22-10-13-4-2-3-5-15(13)21)17(12-6-8-14(20)9-7-12)27-19(23-11)24-25-26-27/h2-9,17H,10H2,1H3,(H,22,28)(H,23,24,26). The van der Waals surface area contributed by atoms with Gasteiger partial charge in [-0.25, -0.2) is 4.39 Å². The Balaban J connectivity index is 1.67. The minimum absolute atomic E-state index is 0.0675. The first-order chi connectivity index (χ1) is 13.5. The predicted octanol–water partition coefficient (Wildman–Crippen LogP) is 3.07. The molecule has 1 amide bonds. The second kappa shape index (κ2) is 7.40. The molecule has 1 aliphatic heterocycles. The van der Waals surface area contributed by atoms with Crippen molar-refractivity contribution in [3.05, 3.63) is 81.8 Å². The second-order valence-corrected chi connectivity index (χ2v) is 6.78. The van der Waals surface area contributed by atoms with Crippen LogP contribution in [-0.2, 0) is 11.3 Å². The molecule has 0 aliphatic carbocycles. The maximum atomic E-state index is 13.9. The molecule has 7 nitrogen and oxygen atoms in total. The molecule has 142 valence electrons. The molecule has 4 rings (SSSR count). The van der Waals surface area contributed by atoms with E-state index in [0.29, 0.717) is 27.8 Å². The van der Waals surface area contributed by atoms with Crippen LogP contribution in [0.4, 0.5) is 10.3 Å². The number of halogens is 2. The summed E-state index contributed by atoms with van der Waals surface area (Å²) in [6.45, 7) is 1.84. The number of carbonyl (C=O) groups excluding carboxylic acids is 1. The van der Waals surface area contributed by atoms with Gasteiger partial charge < -0.3 is 10.6 Å². The van der Waals surface area contributed by atoms with Gasteiger partial charge in [-0.1, -0.05) is 47.0 Å². The average molecular weight is 399 g/mol. The lowest BCUT2D eigenvalue weighted by Crippen LogP contribution is -2.35. The Morgan fingerprint density at radius 3 is 2.75 bits per heavy atom. The molecular weight excluding hydrogens is 383 g/mol. The van der Waals surface area contributed by atoms with E-state index in [1.807, 2.05) is 12.1 Å². The Hall–Kier alpha value is -3.26. The zero-order chi connectivity index (χ0) is 19.7. The zero-order valence-electron chi connectivity index (χ0n) is 14.9. The molecule has 1 atom stereocenters. The Morgan fingerprint density at radius 2 is 2.00 bits per heavy atom. The number of anilines is 1. The van der Waals surface area contributed by atoms with Crippen molar-refractivity contribution >= 4 is 23.5 Å². The number of tetrazole rings is 1. The number of rotatable bonds is 4. The van der Waals surface area contributed by atoms with Crippen molar-refractivity contribution in [2.45, 2.75) is 19.5 Å². The van der Waals surface area contributed by atoms with E-state index in [9.17, 15) is 9.18 Å².